The number of carboxylic acid groups (broad SMARTS) is 1. The van der Waals surface area contributed by atoms with Gasteiger partial charge in [0.1, 0.15) is 6.54 Å². The molecule has 106 valence electrons. The molecule has 1 unspecified atom stereocenters. The Kier molecular flexibility index (Phi) is 5.28. The van der Waals surface area contributed by atoms with Crippen LogP contribution in [0, 0.1) is 5.92 Å². The lowest BCUT2D eigenvalue weighted by molar-refractivity contribution is -0.137. The minimum absolute atomic E-state index is 0.0168. The van der Waals surface area contributed by atoms with Gasteiger partial charge in [0.25, 0.3) is 5.91 Å². The predicted octanol–water partition coefficient (Wildman–Crippen LogP) is -0.845. The molecule has 0 saturated carbocycles. The Labute approximate surface area is 110 Å². The van der Waals surface area contributed by atoms with Gasteiger partial charge in [-0.1, -0.05) is 6.92 Å². The molecule has 0 aliphatic carbocycles. The summed E-state index contributed by atoms with van der Waals surface area (Å²) in [5.74, 6) is -1.73. The second-order valence-corrected chi connectivity index (χ2v) is 4.48. The average molecular weight is 271 g/mol. The van der Waals surface area contributed by atoms with Gasteiger partial charge >= 0.3 is 12.0 Å². The smallest absolute Gasteiger partial charge is 0.325 e. The van der Waals surface area contributed by atoms with E-state index in [0.29, 0.717) is 13.0 Å². The highest BCUT2D eigenvalue weighted by molar-refractivity contribution is 6.04. The molecule has 1 fully saturated rings. The summed E-state index contributed by atoms with van der Waals surface area (Å²) in [4.78, 5) is 45.2. The lowest BCUT2D eigenvalue weighted by atomic mass is 10.1. The van der Waals surface area contributed by atoms with Gasteiger partial charge in [-0.25, -0.2) is 4.79 Å². The normalized spacial score (nSPS) is 16.2. The molecule has 1 aliphatic rings. The average Bonchev–Trinajstić information content (AvgIpc) is 2.65. The molecule has 3 N–H and O–H groups in total. The van der Waals surface area contributed by atoms with Crippen LogP contribution in [0.15, 0.2) is 0 Å². The molecule has 1 saturated heterocycles. The van der Waals surface area contributed by atoms with E-state index in [1.807, 2.05) is 6.92 Å². The molecular weight excluding hydrogens is 254 g/mol. The quantitative estimate of drug-likeness (QED) is 0.522. The molecule has 0 aromatic heterocycles. The third kappa shape index (κ3) is 4.94. The Hall–Kier alpha value is -2.12. The monoisotopic (exact) mass is 271 g/mol. The van der Waals surface area contributed by atoms with Crippen LogP contribution in [0.5, 0.6) is 0 Å². The maximum Gasteiger partial charge on any atom is 0.325 e. The van der Waals surface area contributed by atoms with Crippen LogP contribution < -0.4 is 10.6 Å². The number of carbonyl (C=O) groups is 4. The molecule has 8 heteroatoms. The first-order chi connectivity index (χ1) is 8.90. The maximum absolute atomic E-state index is 11.5. The largest absolute Gasteiger partial charge is 0.481 e. The molecule has 8 nitrogen and oxygen atoms in total. The molecule has 1 aliphatic heterocycles. The fourth-order valence-electron chi connectivity index (χ4n) is 1.57. The number of amides is 4. The van der Waals surface area contributed by atoms with E-state index in [1.54, 1.807) is 0 Å². The summed E-state index contributed by atoms with van der Waals surface area (Å²) in [6.07, 6.45) is 0.503. The molecule has 0 aromatic carbocycles. The fraction of sp³-hybridized carbons (Fsp3) is 0.636. The molecule has 1 rings (SSSR count). The van der Waals surface area contributed by atoms with Crippen molar-refractivity contribution in [2.24, 2.45) is 5.92 Å². The van der Waals surface area contributed by atoms with Crippen molar-refractivity contribution in [3.63, 3.8) is 0 Å². The maximum atomic E-state index is 11.5. The summed E-state index contributed by atoms with van der Waals surface area (Å²) in [6, 6.07) is -0.570. The molecule has 1 heterocycles. The van der Waals surface area contributed by atoms with E-state index in [-0.39, 0.29) is 25.4 Å². The van der Waals surface area contributed by atoms with Crippen LogP contribution in [-0.4, -0.2) is 53.5 Å². The van der Waals surface area contributed by atoms with Crippen LogP contribution in [0.1, 0.15) is 19.8 Å². The standard InChI is InChI=1S/C11H17N3O5/c1-7(2-3-10(17)18)4-12-8(15)6-14-9(16)5-13-11(14)19/h7H,2-6H2,1H3,(H,12,15)(H,13,19)(H,17,18). The van der Waals surface area contributed by atoms with E-state index in [4.69, 9.17) is 5.11 Å². The van der Waals surface area contributed by atoms with E-state index in [9.17, 15) is 19.2 Å². The van der Waals surface area contributed by atoms with Gasteiger partial charge in [-0.15, -0.1) is 0 Å². The zero-order valence-electron chi connectivity index (χ0n) is 10.6. The molecule has 0 spiro atoms. The van der Waals surface area contributed by atoms with Gasteiger partial charge in [-0.2, -0.15) is 0 Å². The summed E-state index contributed by atoms with van der Waals surface area (Å²) in [5.41, 5.74) is 0. The first kappa shape index (κ1) is 14.9. The molecule has 0 bridgehead atoms. The van der Waals surface area contributed by atoms with Crippen LogP contribution >= 0.6 is 0 Å². The summed E-state index contributed by atoms with van der Waals surface area (Å²) in [5, 5.41) is 13.4. The lowest BCUT2D eigenvalue weighted by Crippen LogP contribution is -2.42. The van der Waals surface area contributed by atoms with Gasteiger partial charge in [0.15, 0.2) is 0 Å². The number of hydrogen-bond acceptors (Lipinski definition) is 4. The summed E-state index contributed by atoms with van der Waals surface area (Å²) in [7, 11) is 0. The number of urea groups is 1. The second kappa shape index (κ2) is 6.72. The Balaban J connectivity index is 2.26. The van der Waals surface area contributed by atoms with Gasteiger partial charge in [-0.05, 0) is 12.3 Å². The SMILES string of the molecule is CC(CCC(=O)O)CNC(=O)CN1C(=O)CNC1=O. The fourth-order valence-corrected chi connectivity index (χ4v) is 1.57. The number of carboxylic acids is 1. The van der Waals surface area contributed by atoms with Gasteiger partial charge in [-0.3, -0.25) is 19.3 Å². The molecular formula is C11H17N3O5. The van der Waals surface area contributed by atoms with Gasteiger partial charge < -0.3 is 15.7 Å². The Morgan fingerprint density at radius 3 is 2.68 bits per heavy atom. The van der Waals surface area contributed by atoms with E-state index in [2.05, 4.69) is 10.6 Å². The molecule has 0 aromatic rings. The van der Waals surface area contributed by atoms with E-state index < -0.39 is 23.8 Å². The van der Waals surface area contributed by atoms with Crippen molar-refractivity contribution < 1.29 is 24.3 Å². The number of carbonyl (C=O) groups excluding carboxylic acids is 3. The van der Waals surface area contributed by atoms with Crippen LogP contribution in [0.25, 0.3) is 0 Å². The van der Waals surface area contributed by atoms with Gasteiger partial charge in [0, 0.05) is 13.0 Å². The Bertz CT molecular complexity index is 380. The van der Waals surface area contributed by atoms with E-state index in [0.717, 1.165) is 4.90 Å². The number of imide groups is 1. The highest BCUT2D eigenvalue weighted by atomic mass is 16.4. The molecule has 1 atom stereocenters. The zero-order chi connectivity index (χ0) is 14.4. The number of hydrogen-bond donors (Lipinski definition) is 3. The minimum Gasteiger partial charge on any atom is -0.481 e. The molecule has 4 amide bonds. The summed E-state index contributed by atoms with van der Waals surface area (Å²) in [6.45, 7) is 1.74. The number of nitrogens with zero attached hydrogens (tertiary/aromatic N) is 1. The third-order valence-corrected chi connectivity index (χ3v) is 2.74. The second-order valence-electron chi connectivity index (χ2n) is 4.48. The van der Waals surface area contributed by atoms with Gasteiger partial charge in [0.05, 0.1) is 6.54 Å². The van der Waals surface area contributed by atoms with Crippen molar-refractivity contribution in [3.8, 4) is 0 Å². The number of aliphatic carboxylic acids is 1. The van der Waals surface area contributed by atoms with E-state index in [1.165, 1.54) is 0 Å². The van der Waals surface area contributed by atoms with Crippen molar-refractivity contribution in [1.82, 2.24) is 15.5 Å². The van der Waals surface area contributed by atoms with Crippen LogP contribution in [-0.2, 0) is 14.4 Å². The van der Waals surface area contributed by atoms with E-state index >= 15 is 0 Å². The van der Waals surface area contributed by atoms with Crippen molar-refractivity contribution in [2.75, 3.05) is 19.6 Å². The van der Waals surface area contributed by atoms with Crippen molar-refractivity contribution in [3.05, 3.63) is 0 Å². The van der Waals surface area contributed by atoms with Crippen LogP contribution in [0.4, 0.5) is 4.79 Å². The summed E-state index contributed by atoms with van der Waals surface area (Å²) >= 11 is 0. The predicted molar refractivity (Wildman–Crippen MR) is 64.2 cm³/mol. The van der Waals surface area contributed by atoms with Gasteiger partial charge in [0.2, 0.25) is 5.91 Å². The topological polar surface area (TPSA) is 116 Å². The Morgan fingerprint density at radius 2 is 2.16 bits per heavy atom. The highest BCUT2D eigenvalue weighted by Gasteiger charge is 2.29. The summed E-state index contributed by atoms with van der Waals surface area (Å²) < 4.78 is 0. The third-order valence-electron chi connectivity index (χ3n) is 2.74. The van der Waals surface area contributed by atoms with Crippen LogP contribution in [0.3, 0.4) is 0 Å². The molecule has 19 heavy (non-hydrogen) atoms. The van der Waals surface area contributed by atoms with Crippen LogP contribution in [0.2, 0.25) is 0 Å². The zero-order valence-corrected chi connectivity index (χ0v) is 10.6. The highest BCUT2D eigenvalue weighted by Crippen LogP contribution is 2.04. The van der Waals surface area contributed by atoms with Crippen molar-refractivity contribution in [2.45, 2.75) is 19.8 Å². The first-order valence-electron chi connectivity index (χ1n) is 5.97. The van der Waals surface area contributed by atoms with Crippen molar-refractivity contribution in [1.29, 1.82) is 0 Å². The number of rotatable bonds is 7. The molecule has 0 radical (unpaired) electrons. The lowest BCUT2D eigenvalue weighted by Gasteiger charge is -2.14. The first-order valence-corrected chi connectivity index (χ1v) is 5.97. The number of nitrogens with one attached hydrogen (secondary N) is 2. The minimum atomic E-state index is -0.877. The Morgan fingerprint density at radius 1 is 1.47 bits per heavy atom. The van der Waals surface area contributed by atoms with Crippen molar-refractivity contribution >= 4 is 23.8 Å².